The van der Waals surface area contributed by atoms with Crippen LogP contribution in [0.2, 0.25) is 0 Å². The lowest BCUT2D eigenvalue weighted by atomic mass is 10.0. The Morgan fingerprint density at radius 1 is 0.907 bits per heavy atom. The highest BCUT2D eigenvalue weighted by Gasteiger charge is 2.35. The number of sulfonamides is 1. The number of benzene rings is 3. The number of hydrogen-bond acceptors (Lipinski definition) is 6. The fourth-order valence-electron chi connectivity index (χ4n) is 4.92. The second-order valence-corrected chi connectivity index (χ2v) is 13.9. The van der Waals surface area contributed by atoms with Crippen LogP contribution in [0.25, 0.3) is 0 Å². The monoisotopic (exact) mass is 607 g/mol. The van der Waals surface area contributed by atoms with Gasteiger partial charge in [-0.1, -0.05) is 60.2 Å². The van der Waals surface area contributed by atoms with E-state index in [4.69, 9.17) is 9.47 Å². The van der Waals surface area contributed by atoms with Gasteiger partial charge in [0.1, 0.15) is 25.8 Å². The van der Waals surface area contributed by atoms with E-state index in [1.165, 1.54) is 11.8 Å². The Bertz CT molecular complexity index is 1540. The summed E-state index contributed by atoms with van der Waals surface area (Å²) in [5, 5.41) is 3.04. The molecule has 1 atom stereocenters. The standard InChI is InChI=1S/C33H41N3O6S/c1-6-43(39,40)36(27-15-16-29-30(21-27)42-18-17-41-29)23-31(37)35(22-26-14-10-11-24(2)19-26)28(32(38)34-33(3,4)5)20-25-12-8-7-9-13-25/h7-16,19,21,28H,6,17-18,20,22-23H2,1-5H3,(H,34,38)/t28-/m0/s1. The minimum atomic E-state index is -3.89. The molecule has 0 radical (unpaired) electrons. The van der Waals surface area contributed by atoms with Crippen molar-refractivity contribution in [2.24, 2.45) is 0 Å². The third-order valence-corrected chi connectivity index (χ3v) is 8.74. The van der Waals surface area contributed by atoms with E-state index in [1.807, 2.05) is 82.3 Å². The first kappa shape index (κ1) is 31.9. The van der Waals surface area contributed by atoms with Crippen LogP contribution in [0.1, 0.15) is 44.4 Å². The van der Waals surface area contributed by atoms with Gasteiger partial charge in [0.2, 0.25) is 21.8 Å². The largest absolute Gasteiger partial charge is 0.486 e. The molecular formula is C33H41N3O6S. The summed E-state index contributed by atoms with van der Waals surface area (Å²) in [7, 11) is -3.89. The molecule has 0 aliphatic carbocycles. The van der Waals surface area contributed by atoms with E-state index >= 15 is 0 Å². The normalized spacial score (nSPS) is 13.6. The molecule has 9 nitrogen and oxygen atoms in total. The summed E-state index contributed by atoms with van der Waals surface area (Å²) in [5.74, 6) is -0.112. The van der Waals surface area contributed by atoms with Crippen LogP contribution in [0, 0.1) is 6.92 Å². The number of rotatable bonds is 11. The number of amides is 2. The number of aryl methyl sites for hydroxylation is 1. The van der Waals surface area contributed by atoms with Gasteiger partial charge in [0.05, 0.1) is 11.4 Å². The van der Waals surface area contributed by atoms with Crippen LogP contribution in [0.4, 0.5) is 5.69 Å². The van der Waals surface area contributed by atoms with Crippen LogP contribution in [0.5, 0.6) is 11.5 Å². The molecule has 0 unspecified atom stereocenters. The molecule has 0 aromatic heterocycles. The van der Waals surface area contributed by atoms with Crippen molar-refractivity contribution in [2.45, 2.75) is 59.2 Å². The molecule has 1 aliphatic rings. The Hall–Kier alpha value is -4.05. The molecule has 1 aliphatic heterocycles. The molecule has 3 aromatic rings. The molecule has 1 heterocycles. The van der Waals surface area contributed by atoms with E-state index in [0.717, 1.165) is 21.0 Å². The number of nitrogens with one attached hydrogen (secondary N) is 1. The number of carbonyl (C=O) groups is 2. The zero-order valence-electron chi connectivity index (χ0n) is 25.5. The quantitative estimate of drug-likeness (QED) is 0.345. The number of ether oxygens (including phenoxy) is 2. The van der Waals surface area contributed by atoms with Gasteiger partial charge in [-0.2, -0.15) is 0 Å². The summed E-state index contributed by atoms with van der Waals surface area (Å²) < 4.78 is 39.2. The molecule has 3 aromatic carbocycles. The number of carbonyl (C=O) groups excluding carboxylic acids is 2. The predicted molar refractivity (Wildman–Crippen MR) is 168 cm³/mol. The van der Waals surface area contributed by atoms with Gasteiger partial charge in [0.25, 0.3) is 0 Å². The zero-order chi connectivity index (χ0) is 31.2. The molecular weight excluding hydrogens is 566 g/mol. The Balaban J connectivity index is 1.76. The molecule has 0 spiro atoms. The summed E-state index contributed by atoms with van der Waals surface area (Å²) in [5.41, 5.74) is 2.46. The first-order valence-electron chi connectivity index (χ1n) is 14.5. The number of nitrogens with zero attached hydrogens (tertiary/aromatic N) is 2. The SMILES string of the molecule is CCS(=O)(=O)N(CC(=O)N(Cc1cccc(C)c1)[C@@H](Cc1ccccc1)C(=O)NC(C)(C)C)c1ccc2c(c1)OCCO2. The predicted octanol–water partition coefficient (Wildman–Crippen LogP) is 4.48. The summed E-state index contributed by atoms with van der Waals surface area (Å²) in [6, 6.07) is 21.1. The maximum atomic E-state index is 14.4. The maximum absolute atomic E-state index is 14.4. The van der Waals surface area contributed by atoms with Crippen molar-refractivity contribution in [3.63, 3.8) is 0 Å². The molecule has 0 fully saturated rings. The van der Waals surface area contributed by atoms with Gasteiger partial charge >= 0.3 is 0 Å². The van der Waals surface area contributed by atoms with Gasteiger partial charge in [0, 0.05) is 24.6 Å². The highest BCUT2D eigenvalue weighted by molar-refractivity contribution is 7.92. The molecule has 1 N–H and O–H groups in total. The lowest BCUT2D eigenvalue weighted by Crippen LogP contribution is -2.56. The smallest absolute Gasteiger partial charge is 0.244 e. The van der Waals surface area contributed by atoms with Gasteiger partial charge < -0.3 is 19.7 Å². The Morgan fingerprint density at radius 2 is 1.58 bits per heavy atom. The molecule has 43 heavy (non-hydrogen) atoms. The van der Waals surface area contributed by atoms with Crippen LogP contribution in [0.15, 0.2) is 72.8 Å². The van der Waals surface area contributed by atoms with Crippen LogP contribution >= 0.6 is 0 Å². The van der Waals surface area contributed by atoms with Crippen molar-refractivity contribution in [3.05, 3.63) is 89.5 Å². The topological polar surface area (TPSA) is 105 Å². The summed E-state index contributed by atoms with van der Waals surface area (Å²) in [4.78, 5) is 29.7. The molecule has 2 amide bonds. The second kappa shape index (κ2) is 13.5. The molecule has 0 saturated heterocycles. The fraction of sp³-hybridized carbons (Fsp3) is 0.394. The summed E-state index contributed by atoms with van der Waals surface area (Å²) >= 11 is 0. The van der Waals surface area contributed by atoms with E-state index in [1.54, 1.807) is 18.2 Å². The van der Waals surface area contributed by atoms with E-state index in [2.05, 4.69) is 5.32 Å². The molecule has 4 rings (SSSR count). The van der Waals surface area contributed by atoms with Crippen molar-refractivity contribution < 1.29 is 27.5 Å². The maximum Gasteiger partial charge on any atom is 0.244 e. The first-order chi connectivity index (χ1) is 20.4. The van der Waals surface area contributed by atoms with Crippen molar-refractivity contribution in [2.75, 3.05) is 29.8 Å². The molecule has 0 bridgehead atoms. The van der Waals surface area contributed by atoms with Gasteiger partial charge in [-0.25, -0.2) is 8.42 Å². The van der Waals surface area contributed by atoms with Crippen molar-refractivity contribution in [3.8, 4) is 11.5 Å². The Kier molecular flexibility index (Phi) is 10.0. The lowest BCUT2D eigenvalue weighted by Gasteiger charge is -2.35. The van der Waals surface area contributed by atoms with E-state index in [9.17, 15) is 18.0 Å². The van der Waals surface area contributed by atoms with Crippen LogP contribution in [-0.4, -0.2) is 62.2 Å². The number of anilines is 1. The molecule has 10 heteroatoms. The average molecular weight is 608 g/mol. The second-order valence-electron chi connectivity index (χ2n) is 11.7. The Morgan fingerprint density at radius 3 is 2.23 bits per heavy atom. The Labute approximate surface area is 254 Å². The van der Waals surface area contributed by atoms with E-state index in [-0.39, 0.29) is 30.3 Å². The van der Waals surface area contributed by atoms with Gasteiger partial charge in [0.15, 0.2) is 11.5 Å². The van der Waals surface area contributed by atoms with Gasteiger partial charge in [-0.15, -0.1) is 0 Å². The molecule has 230 valence electrons. The lowest BCUT2D eigenvalue weighted by molar-refractivity contribution is -0.140. The number of fused-ring (bicyclic) bond motifs is 1. The molecule has 0 saturated carbocycles. The van der Waals surface area contributed by atoms with Gasteiger partial charge in [-0.3, -0.25) is 13.9 Å². The third-order valence-electron chi connectivity index (χ3n) is 7.00. The summed E-state index contributed by atoms with van der Waals surface area (Å²) in [6.07, 6.45) is 0.255. The van der Waals surface area contributed by atoms with Crippen LogP contribution in [-0.2, 0) is 32.6 Å². The first-order valence-corrected chi connectivity index (χ1v) is 16.1. The minimum Gasteiger partial charge on any atom is -0.486 e. The van der Waals surface area contributed by atoms with Gasteiger partial charge in [-0.05, 0) is 57.9 Å². The van der Waals surface area contributed by atoms with Crippen molar-refractivity contribution >= 4 is 27.5 Å². The highest BCUT2D eigenvalue weighted by atomic mass is 32.2. The van der Waals surface area contributed by atoms with Crippen molar-refractivity contribution in [1.82, 2.24) is 10.2 Å². The van der Waals surface area contributed by atoms with Crippen LogP contribution in [0.3, 0.4) is 0 Å². The highest BCUT2D eigenvalue weighted by Crippen LogP contribution is 2.35. The minimum absolute atomic E-state index is 0.122. The van der Waals surface area contributed by atoms with E-state index < -0.39 is 34.1 Å². The third kappa shape index (κ3) is 8.50. The average Bonchev–Trinajstić information content (AvgIpc) is 2.97. The fourth-order valence-corrected chi connectivity index (χ4v) is 5.97. The number of hydrogen-bond donors (Lipinski definition) is 1. The van der Waals surface area contributed by atoms with E-state index in [0.29, 0.717) is 24.7 Å². The van der Waals surface area contributed by atoms with Crippen LogP contribution < -0.4 is 19.1 Å². The van der Waals surface area contributed by atoms with Crippen molar-refractivity contribution in [1.29, 1.82) is 0 Å². The summed E-state index contributed by atoms with van der Waals surface area (Å²) in [6.45, 7) is 9.51. The zero-order valence-corrected chi connectivity index (χ0v) is 26.3.